The number of ketones is 1. The van der Waals surface area contributed by atoms with Gasteiger partial charge in [-0.25, -0.2) is 9.07 Å². The molecule has 1 aromatic carbocycles. The molecule has 1 aromatic heterocycles. The van der Waals surface area contributed by atoms with Crippen molar-refractivity contribution in [3.8, 4) is 0 Å². The van der Waals surface area contributed by atoms with Gasteiger partial charge in [-0.05, 0) is 38.1 Å². The third-order valence-corrected chi connectivity index (χ3v) is 3.51. The van der Waals surface area contributed by atoms with Crippen molar-refractivity contribution in [2.24, 2.45) is 0 Å². The van der Waals surface area contributed by atoms with E-state index in [1.54, 1.807) is 16.9 Å². The van der Waals surface area contributed by atoms with E-state index < -0.39 is 5.82 Å². The number of halogens is 1. The van der Waals surface area contributed by atoms with Crippen molar-refractivity contribution in [2.75, 3.05) is 13.1 Å². The van der Waals surface area contributed by atoms with Crippen molar-refractivity contribution in [3.63, 3.8) is 0 Å². The molecule has 0 saturated carbocycles. The van der Waals surface area contributed by atoms with Gasteiger partial charge in [0.25, 0.3) is 0 Å². The summed E-state index contributed by atoms with van der Waals surface area (Å²) in [6.45, 7) is 1.88. The molecule has 1 aliphatic heterocycles. The normalized spacial score (nSPS) is 16.2. The third kappa shape index (κ3) is 2.60. The van der Waals surface area contributed by atoms with E-state index in [1.807, 2.05) is 0 Å². The summed E-state index contributed by atoms with van der Waals surface area (Å²) in [4.78, 5) is 12.2. The van der Waals surface area contributed by atoms with Crippen LogP contribution in [0.3, 0.4) is 0 Å². The van der Waals surface area contributed by atoms with Crippen LogP contribution in [0.25, 0.3) is 0 Å². The van der Waals surface area contributed by atoms with Crippen molar-refractivity contribution >= 4 is 5.78 Å². The van der Waals surface area contributed by atoms with Gasteiger partial charge in [-0.2, -0.15) is 0 Å². The molecule has 0 amide bonds. The minimum absolute atomic E-state index is 0.258. The summed E-state index contributed by atoms with van der Waals surface area (Å²) in [5, 5.41) is 11.2. The molecular formula is C14H15FN4O. The SMILES string of the molecule is O=C(c1cccc(F)c1)c1cn(C2CCNCC2)nn1. The first-order valence-corrected chi connectivity index (χ1v) is 6.67. The molecule has 1 saturated heterocycles. The summed E-state index contributed by atoms with van der Waals surface area (Å²) in [7, 11) is 0. The smallest absolute Gasteiger partial charge is 0.214 e. The van der Waals surface area contributed by atoms with Crippen LogP contribution in [-0.2, 0) is 0 Å². The molecule has 20 heavy (non-hydrogen) atoms. The van der Waals surface area contributed by atoms with Gasteiger partial charge in [-0.1, -0.05) is 17.3 Å². The first-order valence-electron chi connectivity index (χ1n) is 6.67. The molecule has 104 valence electrons. The molecule has 0 spiro atoms. The van der Waals surface area contributed by atoms with E-state index in [1.165, 1.54) is 18.2 Å². The Hall–Kier alpha value is -2.08. The van der Waals surface area contributed by atoms with Crippen molar-refractivity contribution in [1.82, 2.24) is 20.3 Å². The van der Waals surface area contributed by atoms with Gasteiger partial charge in [-0.15, -0.1) is 5.10 Å². The molecule has 6 heteroatoms. The lowest BCUT2D eigenvalue weighted by Gasteiger charge is -2.22. The average Bonchev–Trinajstić information content (AvgIpc) is 2.97. The van der Waals surface area contributed by atoms with Crippen molar-refractivity contribution < 1.29 is 9.18 Å². The molecule has 3 rings (SSSR count). The number of nitrogens with one attached hydrogen (secondary N) is 1. The lowest BCUT2D eigenvalue weighted by atomic mass is 10.1. The standard InChI is InChI=1S/C14H15FN4O/c15-11-3-1-2-10(8-11)14(20)13-9-19(18-17-13)12-4-6-16-7-5-12/h1-3,8-9,12,16H,4-7H2. The first kappa shape index (κ1) is 12.9. The average molecular weight is 274 g/mol. The number of carbonyl (C=O) groups is 1. The topological polar surface area (TPSA) is 59.8 Å². The van der Waals surface area contributed by atoms with Crippen LogP contribution in [0.2, 0.25) is 0 Å². The van der Waals surface area contributed by atoms with Crippen LogP contribution in [0.5, 0.6) is 0 Å². The lowest BCUT2D eigenvalue weighted by molar-refractivity contribution is 0.103. The van der Waals surface area contributed by atoms with Gasteiger partial charge in [0.15, 0.2) is 5.69 Å². The summed E-state index contributed by atoms with van der Waals surface area (Å²) >= 11 is 0. The van der Waals surface area contributed by atoms with Crippen molar-refractivity contribution in [2.45, 2.75) is 18.9 Å². The number of carbonyl (C=O) groups excluding carboxylic acids is 1. The zero-order chi connectivity index (χ0) is 13.9. The molecule has 0 radical (unpaired) electrons. The predicted molar refractivity (Wildman–Crippen MR) is 71.0 cm³/mol. The highest BCUT2D eigenvalue weighted by atomic mass is 19.1. The van der Waals surface area contributed by atoms with Crippen LogP contribution in [0, 0.1) is 5.82 Å². The van der Waals surface area contributed by atoms with Gasteiger partial charge in [0.1, 0.15) is 5.82 Å². The molecule has 1 fully saturated rings. The van der Waals surface area contributed by atoms with Crippen LogP contribution in [0.15, 0.2) is 30.5 Å². The Kier molecular flexibility index (Phi) is 3.56. The van der Waals surface area contributed by atoms with Crippen LogP contribution in [-0.4, -0.2) is 33.9 Å². The maximum absolute atomic E-state index is 13.1. The summed E-state index contributed by atoms with van der Waals surface area (Å²) in [6.07, 6.45) is 3.59. The molecule has 0 unspecified atom stereocenters. The zero-order valence-corrected chi connectivity index (χ0v) is 10.9. The molecule has 2 aromatic rings. The molecule has 5 nitrogen and oxygen atoms in total. The summed E-state index contributed by atoms with van der Waals surface area (Å²) in [5.74, 6) is -0.730. The third-order valence-electron chi connectivity index (χ3n) is 3.51. The van der Waals surface area contributed by atoms with Gasteiger partial charge in [0, 0.05) is 5.56 Å². The molecule has 0 atom stereocenters. The number of aromatic nitrogens is 3. The van der Waals surface area contributed by atoms with Crippen LogP contribution >= 0.6 is 0 Å². The maximum Gasteiger partial charge on any atom is 0.214 e. The van der Waals surface area contributed by atoms with Gasteiger partial charge in [0.05, 0.1) is 12.2 Å². The van der Waals surface area contributed by atoms with E-state index >= 15 is 0 Å². The number of hydrogen-bond donors (Lipinski definition) is 1. The quantitative estimate of drug-likeness (QED) is 0.863. The Morgan fingerprint density at radius 1 is 1.35 bits per heavy atom. The van der Waals surface area contributed by atoms with Crippen molar-refractivity contribution in [3.05, 3.63) is 47.5 Å². The highest BCUT2D eigenvalue weighted by Crippen LogP contribution is 2.18. The number of piperidine rings is 1. The Morgan fingerprint density at radius 2 is 2.15 bits per heavy atom. The van der Waals surface area contributed by atoms with Gasteiger partial charge in [0.2, 0.25) is 5.78 Å². The van der Waals surface area contributed by atoms with E-state index in [-0.39, 0.29) is 17.5 Å². The highest BCUT2D eigenvalue weighted by Gasteiger charge is 2.19. The van der Waals surface area contributed by atoms with Crippen molar-refractivity contribution in [1.29, 1.82) is 0 Å². The van der Waals surface area contributed by atoms with E-state index in [0.29, 0.717) is 5.56 Å². The van der Waals surface area contributed by atoms with E-state index in [0.717, 1.165) is 25.9 Å². The van der Waals surface area contributed by atoms with Gasteiger partial charge in [-0.3, -0.25) is 4.79 Å². The Balaban J connectivity index is 1.80. The molecule has 0 aliphatic carbocycles. The molecule has 1 aliphatic rings. The predicted octanol–water partition coefficient (Wildman–Crippen LogP) is 1.57. The fourth-order valence-corrected chi connectivity index (χ4v) is 2.41. The minimum atomic E-state index is -0.429. The zero-order valence-electron chi connectivity index (χ0n) is 10.9. The van der Waals surface area contributed by atoms with Crippen LogP contribution < -0.4 is 5.32 Å². The summed E-state index contributed by atoms with van der Waals surface area (Å²) in [5.41, 5.74) is 0.552. The van der Waals surface area contributed by atoms with E-state index in [2.05, 4.69) is 15.6 Å². The number of rotatable bonds is 3. The molecule has 2 heterocycles. The largest absolute Gasteiger partial charge is 0.317 e. The Bertz CT molecular complexity index is 619. The number of hydrogen-bond acceptors (Lipinski definition) is 4. The second kappa shape index (κ2) is 5.50. The number of nitrogens with zero attached hydrogens (tertiary/aromatic N) is 3. The monoisotopic (exact) mass is 274 g/mol. The fourth-order valence-electron chi connectivity index (χ4n) is 2.41. The van der Waals surface area contributed by atoms with Crippen LogP contribution in [0.4, 0.5) is 4.39 Å². The second-order valence-corrected chi connectivity index (χ2v) is 4.90. The van der Waals surface area contributed by atoms with E-state index in [9.17, 15) is 9.18 Å². The summed E-state index contributed by atoms with van der Waals surface area (Å²) in [6, 6.07) is 5.89. The van der Waals surface area contributed by atoms with Crippen LogP contribution in [0.1, 0.15) is 34.9 Å². The second-order valence-electron chi connectivity index (χ2n) is 4.90. The minimum Gasteiger partial charge on any atom is -0.317 e. The molecule has 1 N–H and O–H groups in total. The number of benzene rings is 1. The highest BCUT2D eigenvalue weighted by molar-refractivity contribution is 6.07. The lowest BCUT2D eigenvalue weighted by Crippen LogP contribution is -2.29. The van der Waals surface area contributed by atoms with E-state index in [4.69, 9.17) is 0 Å². The first-order chi connectivity index (χ1) is 9.74. The molecular weight excluding hydrogens is 259 g/mol. The van der Waals surface area contributed by atoms with Gasteiger partial charge < -0.3 is 5.32 Å². The summed E-state index contributed by atoms with van der Waals surface area (Å²) < 4.78 is 14.9. The van der Waals surface area contributed by atoms with Gasteiger partial charge >= 0.3 is 0 Å². The molecule has 0 bridgehead atoms. The maximum atomic E-state index is 13.1. The Morgan fingerprint density at radius 3 is 2.90 bits per heavy atom. The Labute approximate surface area is 115 Å². The fraction of sp³-hybridized carbons (Fsp3) is 0.357.